The molecule has 0 aromatic carbocycles. The van der Waals surface area contributed by atoms with Crippen molar-refractivity contribution in [1.82, 2.24) is 24.6 Å². The molecular formula is C5H4ClN5OS. The molecule has 0 fully saturated rings. The number of halogens is 1. The van der Waals surface area contributed by atoms with E-state index in [0.717, 1.165) is 16.2 Å². The largest absolute Gasteiger partial charge is 0.365 e. The van der Waals surface area contributed by atoms with Gasteiger partial charge in [-0.15, -0.1) is 0 Å². The molecule has 0 radical (unpaired) electrons. The van der Waals surface area contributed by atoms with Crippen molar-refractivity contribution in [3.8, 4) is 5.69 Å². The minimum absolute atomic E-state index is 0.425. The quantitative estimate of drug-likeness (QED) is 0.749. The molecule has 0 saturated carbocycles. The monoisotopic (exact) mass is 217 g/mol. The second-order valence-electron chi connectivity index (χ2n) is 2.31. The number of nitrogens with zero attached hydrogens (tertiary/aromatic N) is 4. The van der Waals surface area contributed by atoms with Gasteiger partial charge in [-0.3, -0.25) is 0 Å². The molecule has 0 spiro atoms. The Morgan fingerprint density at radius 2 is 2.38 bits per heavy atom. The number of tetrazole rings is 1. The van der Waals surface area contributed by atoms with E-state index in [1.54, 1.807) is 6.92 Å². The van der Waals surface area contributed by atoms with Crippen molar-refractivity contribution in [3.63, 3.8) is 0 Å². The van der Waals surface area contributed by atoms with Crippen LogP contribution in [0.1, 0.15) is 5.69 Å². The maximum absolute atomic E-state index is 11.1. The molecule has 0 amide bonds. The number of nitrogens with one attached hydrogen (secondary N) is 1. The number of aromatic nitrogens is 5. The van der Waals surface area contributed by atoms with Gasteiger partial charge in [0.15, 0.2) is 0 Å². The van der Waals surface area contributed by atoms with Crippen LogP contribution in [0.2, 0.25) is 4.34 Å². The van der Waals surface area contributed by atoms with E-state index in [9.17, 15) is 4.79 Å². The standard InChI is InChI=1S/C5H4ClN5OS/c1-2-3(4(6)13-8-2)11-5(12)7-9-10-11/h1H3,(H,7,10,12). The zero-order valence-electron chi connectivity index (χ0n) is 6.48. The number of hydrogen-bond acceptors (Lipinski definition) is 5. The van der Waals surface area contributed by atoms with Gasteiger partial charge >= 0.3 is 5.69 Å². The molecule has 2 rings (SSSR count). The molecule has 8 heteroatoms. The minimum atomic E-state index is -0.426. The summed E-state index contributed by atoms with van der Waals surface area (Å²) in [5.74, 6) is 0. The van der Waals surface area contributed by atoms with Crippen LogP contribution in [0.25, 0.3) is 5.69 Å². The van der Waals surface area contributed by atoms with Gasteiger partial charge in [-0.25, -0.2) is 9.89 Å². The topological polar surface area (TPSA) is 76.5 Å². The third kappa shape index (κ3) is 1.25. The summed E-state index contributed by atoms with van der Waals surface area (Å²) >= 11 is 6.94. The van der Waals surface area contributed by atoms with Crippen LogP contribution in [0.15, 0.2) is 4.79 Å². The molecule has 13 heavy (non-hydrogen) atoms. The van der Waals surface area contributed by atoms with Crippen LogP contribution in [-0.2, 0) is 0 Å². The lowest BCUT2D eigenvalue weighted by Gasteiger charge is -1.94. The number of aryl methyl sites for hydroxylation is 1. The highest BCUT2D eigenvalue weighted by Gasteiger charge is 2.13. The Bertz CT molecular complexity index is 466. The van der Waals surface area contributed by atoms with Crippen molar-refractivity contribution in [3.05, 3.63) is 20.5 Å². The smallest absolute Gasteiger partial charge is 0.244 e. The highest BCUT2D eigenvalue weighted by molar-refractivity contribution is 7.11. The van der Waals surface area contributed by atoms with E-state index < -0.39 is 5.69 Å². The first kappa shape index (κ1) is 8.39. The van der Waals surface area contributed by atoms with Gasteiger partial charge < -0.3 is 0 Å². The van der Waals surface area contributed by atoms with Crippen molar-refractivity contribution in [2.45, 2.75) is 6.92 Å². The molecule has 0 bridgehead atoms. The molecule has 0 unspecified atom stereocenters. The molecule has 2 aromatic rings. The Hall–Kier alpha value is -1.21. The molecule has 1 N–H and O–H groups in total. The number of aromatic amines is 1. The summed E-state index contributed by atoms with van der Waals surface area (Å²) in [6, 6.07) is 0. The van der Waals surface area contributed by atoms with Gasteiger partial charge in [0.2, 0.25) is 0 Å². The lowest BCUT2D eigenvalue weighted by Crippen LogP contribution is -2.16. The highest BCUT2D eigenvalue weighted by Crippen LogP contribution is 2.25. The fourth-order valence-electron chi connectivity index (χ4n) is 0.918. The molecule has 0 atom stereocenters. The van der Waals surface area contributed by atoms with E-state index in [1.807, 2.05) is 0 Å². The van der Waals surface area contributed by atoms with Gasteiger partial charge in [0.1, 0.15) is 10.0 Å². The van der Waals surface area contributed by atoms with Crippen molar-refractivity contribution in [2.75, 3.05) is 0 Å². The van der Waals surface area contributed by atoms with Gasteiger partial charge in [0, 0.05) is 0 Å². The van der Waals surface area contributed by atoms with Gasteiger partial charge in [0.05, 0.1) is 5.69 Å². The predicted octanol–water partition coefficient (Wildman–Crippen LogP) is 0.374. The summed E-state index contributed by atoms with van der Waals surface area (Å²) in [7, 11) is 0. The van der Waals surface area contributed by atoms with Crippen LogP contribution in [-0.4, -0.2) is 24.6 Å². The zero-order chi connectivity index (χ0) is 9.42. The molecule has 0 aliphatic rings. The average Bonchev–Trinajstić information content (AvgIpc) is 2.60. The average molecular weight is 218 g/mol. The number of rotatable bonds is 1. The summed E-state index contributed by atoms with van der Waals surface area (Å²) in [5.41, 5.74) is 0.724. The fourth-order valence-corrected chi connectivity index (χ4v) is 1.86. The summed E-state index contributed by atoms with van der Waals surface area (Å²) in [6.45, 7) is 1.75. The van der Waals surface area contributed by atoms with Crippen molar-refractivity contribution in [1.29, 1.82) is 0 Å². The minimum Gasteiger partial charge on any atom is -0.244 e. The van der Waals surface area contributed by atoms with E-state index in [1.165, 1.54) is 0 Å². The van der Waals surface area contributed by atoms with Crippen LogP contribution in [0.4, 0.5) is 0 Å². The van der Waals surface area contributed by atoms with Gasteiger partial charge in [0.25, 0.3) is 0 Å². The van der Waals surface area contributed by atoms with E-state index in [4.69, 9.17) is 11.6 Å². The molecule has 0 aliphatic heterocycles. The molecule has 0 aliphatic carbocycles. The SMILES string of the molecule is Cc1nsc(Cl)c1-n1nn[nH]c1=O. The molecule has 0 saturated heterocycles. The Kier molecular flexibility index (Phi) is 1.89. The molecule has 68 valence electrons. The summed E-state index contributed by atoms with van der Waals surface area (Å²) in [4.78, 5) is 11.1. The summed E-state index contributed by atoms with van der Waals surface area (Å²) in [6.07, 6.45) is 0. The van der Waals surface area contributed by atoms with Gasteiger partial charge in [-0.05, 0) is 28.9 Å². The maximum Gasteiger partial charge on any atom is 0.365 e. The zero-order valence-corrected chi connectivity index (χ0v) is 8.06. The van der Waals surface area contributed by atoms with Crippen molar-refractivity contribution < 1.29 is 0 Å². The fraction of sp³-hybridized carbons (Fsp3) is 0.200. The molecule has 2 aromatic heterocycles. The Balaban J connectivity index is 2.71. The highest BCUT2D eigenvalue weighted by atomic mass is 35.5. The van der Waals surface area contributed by atoms with Crippen LogP contribution in [0.5, 0.6) is 0 Å². The Morgan fingerprint density at radius 3 is 2.85 bits per heavy atom. The second kappa shape index (κ2) is 2.93. The van der Waals surface area contributed by atoms with Crippen LogP contribution in [0, 0.1) is 6.92 Å². The number of hydrogen-bond donors (Lipinski definition) is 1. The first-order valence-corrected chi connectivity index (χ1v) is 4.48. The van der Waals surface area contributed by atoms with Crippen LogP contribution in [0.3, 0.4) is 0 Å². The van der Waals surface area contributed by atoms with E-state index >= 15 is 0 Å². The third-order valence-corrected chi connectivity index (χ3v) is 2.58. The van der Waals surface area contributed by atoms with Gasteiger partial charge in [-0.1, -0.05) is 11.6 Å². The van der Waals surface area contributed by atoms with Crippen LogP contribution >= 0.6 is 23.1 Å². The Labute approximate surface area is 81.3 Å². The summed E-state index contributed by atoms with van der Waals surface area (Å²) < 4.78 is 5.49. The molecule has 6 nitrogen and oxygen atoms in total. The second-order valence-corrected chi connectivity index (χ2v) is 3.68. The van der Waals surface area contributed by atoms with Crippen LogP contribution < -0.4 is 5.69 Å². The number of H-pyrrole nitrogens is 1. The van der Waals surface area contributed by atoms with Crippen molar-refractivity contribution >= 4 is 23.1 Å². The molecular weight excluding hydrogens is 214 g/mol. The molecule has 2 heterocycles. The van der Waals surface area contributed by atoms with Gasteiger partial charge in [-0.2, -0.15) is 9.06 Å². The van der Waals surface area contributed by atoms with E-state index in [0.29, 0.717) is 15.7 Å². The predicted molar refractivity (Wildman–Crippen MR) is 47.4 cm³/mol. The third-order valence-electron chi connectivity index (χ3n) is 1.48. The summed E-state index contributed by atoms with van der Waals surface area (Å²) in [5, 5.41) is 9.09. The Morgan fingerprint density at radius 1 is 1.62 bits per heavy atom. The first-order valence-electron chi connectivity index (χ1n) is 3.32. The lowest BCUT2D eigenvalue weighted by atomic mass is 10.4. The lowest BCUT2D eigenvalue weighted by molar-refractivity contribution is 0.776. The van der Waals surface area contributed by atoms with E-state index in [2.05, 4.69) is 19.9 Å². The first-order chi connectivity index (χ1) is 6.20. The van der Waals surface area contributed by atoms with E-state index in [-0.39, 0.29) is 0 Å². The van der Waals surface area contributed by atoms with Crippen molar-refractivity contribution in [2.24, 2.45) is 0 Å². The maximum atomic E-state index is 11.1. The normalized spacial score (nSPS) is 10.6.